The van der Waals surface area contributed by atoms with Crippen LogP contribution in [0.3, 0.4) is 0 Å². The highest BCUT2D eigenvalue weighted by Crippen LogP contribution is 2.37. The molecule has 1 saturated carbocycles. The Morgan fingerprint density at radius 3 is 2.61 bits per heavy atom. The first-order chi connectivity index (χ1) is 10.8. The van der Waals surface area contributed by atoms with Crippen molar-refractivity contribution in [3.63, 3.8) is 0 Å². The maximum atomic E-state index is 12.6. The van der Waals surface area contributed by atoms with Crippen LogP contribution >= 0.6 is 11.3 Å². The lowest BCUT2D eigenvalue weighted by Crippen LogP contribution is -2.46. The molecule has 1 heterocycles. The molecule has 1 aromatic rings. The Balaban J connectivity index is 1.76. The van der Waals surface area contributed by atoms with E-state index in [2.05, 4.69) is 10.3 Å². The molecule has 0 aromatic carbocycles. The van der Waals surface area contributed by atoms with Gasteiger partial charge in [-0.25, -0.2) is 9.78 Å². The van der Waals surface area contributed by atoms with E-state index in [4.69, 9.17) is 0 Å². The first-order valence-electron chi connectivity index (χ1n) is 7.75. The maximum absolute atomic E-state index is 12.6. The number of carbonyl (C=O) groups excluding carboxylic acids is 1. The van der Waals surface area contributed by atoms with E-state index in [9.17, 15) is 18.0 Å². The predicted octanol–water partition coefficient (Wildman–Crippen LogP) is 4.01. The van der Waals surface area contributed by atoms with Gasteiger partial charge in [0.05, 0.1) is 10.9 Å². The van der Waals surface area contributed by atoms with Crippen molar-refractivity contribution in [3.8, 4) is 0 Å². The molecule has 1 aromatic heterocycles. The molecule has 2 rings (SSSR count). The topological polar surface area (TPSA) is 45.2 Å². The molecule has 0 unspecified atom stereocenters. The minimum Gasteiger partial charge on any atom is -0.335 e. The second kappa shape index (κ2) is 7.51. The van der Waals surface area contributed by atoms with E-state index in [0.717, 1.165) is 5.01 Å². The largest absolute Gasteiger partial charge is 0.391 e. The van der Waals surface area contributed by atoms with Crippen LogP contribution in [0.4, 0.5) is 18.0 Å². The van der Waals surface area contributed by atoms with Crippen LogP contribution < -0.4 is 5.32 Å². The number of carbonyl (C=O) groups is 1. The van der Waals surface area contributed by atoms with E-state index in [1.54, 1.807) is 29.5 Å². The molecule has 2 amide bonds. The highest BCUT2D eigenvalue weighted by atomic mass is 32.1. The number of hydrogen-bond donors (Lipinski definition) is 1. The second-order valence-corrected chi connectivity index (χ2v) is 7.12. The quantitative estimate of drug-likeness (QED) is 0.893. The van der Waals surface area contributed by atoms with Gasteiger partial charge in [0, 0.05) is 37.1 Å². The van der Waals surface area contributed by atoms with Crippen molar-refractivity contribution in [1.29, 1.82) is 0 Å². The molecule has 0 aliphatic heterocycles. The van der Waals surface area contributed by atoms with Crippen molar-refractivity contribution >= 4 is 17.4 Å². The van der Waals surface area contributed by atoms with Gasteiger partial charge in [-0.3, -0.25) is 0 Å². The molecule has 8 heteroatoms. The summed E-state index contributed by atoms with van der Waals surface area (Å²) in [5.41, 5.74) is 0. The molecule has 0 saturated heterocycles. The lowest BCUT2D eigenvalue weighted by atomic mass is 9.85. The Labute approximate surface area is 138 Å². The summed E-state index contributed by atoms with van der Waals surface area (Å²) in [4.78, 5) is 18.0. The van der Waals surface area contributed by atoms with Crippen LogP contribution in [0, 0.1) is 5.92 Å². The summed E-state index contributed by atoms with van der Waals surface area (Å²) in [5.74, 6) is -1.09. The minimum atomic E-state index is -4.12. The molecule has 1 aliphatic carbocycles. The number of thiazole rings is 1. The minimum absolute atomic E-state index is 0.0910. The zero-order valence-corrected chi connectivity index (χ0v) is 14.1. The maximum Gasteiger partial charge on any atom is 0.391 e. The molecule has 1 atom stereocenters. The summed E-state index contributed by atoms with van der Waals surface area (Å²) < 4.78 is 37.9. The van der Waals surface area contributed by atoms with Gasteiger partial charge >= 0.3 is 12.2 Å². The van der Waals surface area contributed by atoms with E-state index >= 15 is 0 Å². The highest BCUT2D eigenvalue weighted by Gasteiger charge is 2.41. The number of hydrogen-bond acceptors (Lipinski definition) is 3. The Kier molecular flexibility index (Phi) is 5.89. The number of aromatic nitrogens is 1. The first-order valence-corrected chi connectivity index (χ1v) is 8.63. The van der Waals surface area contributed by atoms with E-state index in [-0.39, 0.29) is 30.8 Å². The third-order valence-corrected chi connectivity index (χ3v) is 5.29. The third kappa shape index (κ3) is 5.09. The van der Waals surface area contributed by atoms with Gasteiger partial charge in [-0.2, -0.15) is 13.2 Å². The molecule has 0 spiro atoms. The van der Waals surface area contributed by atoms with Gasteiger partial charge < -0.3 is 10.2 Å². The fourth-order valence-electron chi connectivity index (χ4n) is 2.90. The summed E-state index contributed by atoms with van der Waals surface area (Å²) in [6.45, 7) is 2.52. The fourth-order valence-corrected chi connectivity index (χ4v) is 3.59. The van der Waals surface area contributed by atoms with Gasteiger partial charge in [-0.1, -0.05) is 6.92 Å². The van der Waals surface area contributed by atoms with E-state index in [1.807, 2.05) is 12.3 Å². The zero-order chi connectivity index (χ0) is 17.0. The van der Waals surface area contributed by atoms with E-state index in [1.165, 1.54) is 0 Å². The van der Waals surface area contributed by atoms with Crippen LogP contribution in [-0.4, -0.2) is 41.7 Å². The Hall–Kier alpha value is -1.31. The molecule has 130 valence electrons. The van der Waals surface area contributed by atoms with Crippen LogP contribution in [0.15, 0.2) is 11.6 Å². The van der Waals surface area contributed by atoms with E-state index in [0.29, 0.717) is 19.4 Å². The van der Waals surface area contributed by atoms with Gasteiger partial charge in [-0.15, -0.1) is 11.3 Å². The third-order valence-electron chi connectivity index (χ3n) is 4.29. The summed E-state index contributed by atoms with van der Waals surface area (Å²) >= 11 is 1.55. The van der Waals surface area contributed by atoms with Gasteiger partial charge in [-0.05, 0) is 25.7 Å². The van der Waals surface area contributed by atoms with Crippen LogP contribution in [0.25, 0.3) is 0 Å². The Bertz CT molecular complexity index is 499. The molecule has 4 nitrogen and oxygen atoms in total. The number of halogens is 3. The summed E-state index contributed by atoms with van der Waals surface area (Å²) in [5, 5.41) is 5.71. The van der Waals surface area contributed by atoms with Crippen molar-refractivity contribution in [3.05, 3.63) is 16.6 Å². The van der Waals surface area contributed by atoms with Gasteiger partial charge in [0.15, 0.2) is 0 Å². The molecular weight excluding hydrogens is 327 g/mol. The summed E-state index contributed by atoms with van der Waals surface area (Å²) in [7, 11) is 1.70. The van der Waals surface area contributed by atoms with Crippen LogP contribution in [0.1, 0.15) is 43.5 Å². The standard InChI is InChI=1S/C15H22F3N3OS/c1-10(13-19-7-8-23-13)9-21(2)14(22)20-12-5-3-11(4-6-12)15(16,17)18/h7-8,10-12H,3-6,9H2,1-2H3,(H,20,22)/t10-,11?,12?/m0/s1. The lowest BCUT2D eigenvalue weighted by molar-refractivity contribution is -0.182. The summed E-state index contributed by atoms with van der Waals surface area (Å²) in [6, 6.07) is -0.400. The number of rotatable bonds is 4. The zero-order valence-electron chi connectivity index (χ0n) is 13.3. The van der Waals surface area contributed by atoms with Crippen molar-refractivity contribution in [2.45, 2.75) is 50.7 Å². The smallest absolute Gasteiger partial charge is 0.335 e. The Morgan fingerprint density at radius 2 is 2.09 bits per heavy atom. The summed E-state index contributed by atoms with van der Waals surface area (Å²) in [6.07, 6.45) is -1.44. The fraction of sp³-hybridized carbons (Fsp3) is 0.733. The van der Waals surface area contributed by atoms with Crippen molar-refractivity contribution in [2.24, 2.45) is 5.92 Å². The van der Waals surface area contributed by atoms with Gasteiger partial charge in [0.25, 0.3) is 0 Å². The van der Waals surface area contributed by atoms with Gasteiger partial charge in [0.1, 0.15) is 0 Å². The molecule has 0 bridgehead atoms. The highest BCUT2D eigenvalue weighted by molar-refractivity contribution is 7.09. The number of amides is 2. The molecule has 23 heavy (non-hydrogen) atoms. The molecular formula is C15H22F3N3OS. The average Bonchev–Trinajstić information content (AvgIpc) is 3.01. The Morgan fingerprint density at radius 1 is 1.43 bits per heavy atom. The van der Waals surface area contributed by atoms with Crippen molar-refractivity contribution in [1.82, 2.24) is 15.2 Å². The molecule has 1 fully saturated rings. The number of nitrogens with one attached hydrogen (secondary N) is 1. The van der Waals surface area contributed by atoms with Crippen molar-refractivity contribution < 1.29 is 18.0 Å². The van der Waals surface area contributed by atoms with Gasteiger partial charge in [0.2, 0.25) is 0 Å². The molecule has 1 aliphatic rings. The average molecular weight is 349 g/mol. The number of likely N-dealkylation sites (N-methyl/N-ethyl adjacent to an activating group) is 1. The predicted molar refractivity (Wildman–Crippen MR) is 83.5 cm³/mol. The first kappa shape index (κ1) is 18.0. The van der Waals surface area contributed by atoms with Crippen LogP contribution in [0.5, 0.6) is 0 Å². The van der Waals surface area contributed by atoms with Crippen LogP contribution in [-0.2, 0) is 0 Å². The lowest BCUT2D eigenvalue weighted by Gasteiger charge is -2.31. The molecule has 0 radical (unpaired) electrons. The van der Waals surface area contributed by atoms with E-state index < -0.39 is 12.1 Å². The number of urea groups is 1. The number of nitrogens with zero attached hydrogens (tertiary/aromatic N) is 2. The SMILES string of the molecule is C[C@@H](CN(C)C(=O)NC1CCC(C(F)(F)F)CC1)c1nccs1. The van der Waals surface area contributed by atoms with Crippen molar-refractivity contribution in [2.75, 3.05) is 13.6 Å². The second-order valence-electron chi connectivity index (χ2n) is 6.19. The normalized spacial score (nSPS) is 23.3. The van der Waals surface area contributed by atoms with Crippen LogP contribution in [0.2, 0.25) is 0 Å². The molecule has 1 N–H and O–H groups in total. The monoisotopic (exact) mass is 349 g/mol. The number of alkyl halides is 3.